The van der Waals surface area contributed by atoms with Gasteiger partial charge in [0.1, 0.15) is 5.60 Å². The normalized spacial score (nSPS) is 40.8. The van der Waals surface area contributed by atoms with E-state index in [4.69, 9.17) is 6.42 Å². The molecule has 3 nitrogen and oxygen atoms in total. The molecule has 2 aliphatic rings. The molecule has 0 unspecified atom stereocenters. The average molecular weight is 252 g/mol. The van der Waals surface area contributed by atoms with E-state index in [1.165, 1.54) is 0 Å². The highest BCUT2D eigenvalue weighted by molar-refractivity contribution is 5.14. The van der Waals surface area contributed by atoms with Crippen molar-refractivity contribution in [2.24, 2.45) is 11.8 Å². The van der Waals surface area contributed by atoms with Gasteiger partial charge in [-0.05, 0) is 63.2 Å². The minimum absolute atomic E-state index is 0.103. The molecule has 0 atom stereocenters. The Balaban J connectivity index is 2.03. The lowest BCUT2D eigenvalue weighted by Gasteiger charge is -2.43. The fraction of sp³-hybridized carbons (Fsp3) is 0.867. The van der Waals surface area contributed by atoms with Gasteiger partial charge in [-0.15, -0.1) is 6.42 Å². The number of aliphatic hydroxyl groups is 3. The second-order valence-corrected chi connectivity index (χ2v) is 5.98. The van der Waals surface area contributed by atoms with E-state index in [-0.39, 0.29) is 24.0 Å². The van der Waals surface area contributed by atoms with Crippen molar-refractivity contribution in [1.29, 1.82) is 0 Å². The SMILES string of the molecule is C#CC(O)(C1CCC(O)CC1)C1CCC(O)CC1. The van der Waals surface area contributed by atoms with Crippen LogP contribution < -0.4 is 0 Å². The van der Waals surface area contributed by atoms with Crippen molar-refractivity contribution < 1.29 is 15.3 Å². The predicted octanol–water partition coefficient (Wildman–Crippen LogP) is 1.45. The zero-order valence-electron chi connectivity index (χ0n) is 10.9. The molecule has 18 heavy (non-hydrogen) atoms. The van der Waals surface area contributed by atoms with Crippen LogP contribution in [0.5, 0.6) is 0 Å². The molecule has 0 heterocycles. The third-order valence-corrected chi connectivity index (χ3v) is 4.87. The van der Waals surface area contributed by atoms with Gasteiger partial charge in [0, 0.05) is 0 Å². The summed E-state index contributed by atoms with van der Waals surface area (Å²) in [5.41, 5.74) is -1.04. The molecule has 0 aromatic rings. The summed E-state index contributed by atoms with van der Waals surface area (Å²) in [5.74, 6) is 2.85. The van der Waals surface area contributed by atoms with E-state index in [0.29, 0.717) is 0 Å². The molecule has 3 N–H and O–H groups in total. The zero-order chi connectivity index (χ0) is 13.2. The molecule has 0 aromatic carbocycles. The largest absolute Gasteiger partial charge is 0.393 e. The summed E-state index contributed by atoms with van der Waals surface area (Å²) in [6.45, 7) is 0. The van der Waals surface area contributed by atoms with Crippen molar-refractivity contribution >= 4 is 0 Å². The van der Waals surface area contributed by atoms with Crippen LogP contribution in [0.3, 0.4) is 0 Å². The van der Waals surface area contributed by atoms with Crippen molar-refractivity contribution in [2.45, 2.75) is 69.2 Å². The maximum absolute atomic E-state index is 10.8. The smallest absolute Gasteiger partial charge is 0.130 e. The number of rotatable bonds is 2. The van der Waals surface area contributed by atoms with Gasteiger partial charge >= 0.3 is 0 Å². The Hall–Kier alpha value is -0.560. The molecule has 2 saturated carbocycles. The second kappa shape index (κ2) is 5.61. The highest BCUT2D eigenvalue weighted by Crippen LogP contribution is 2.42. The lowest BCUT2D eigenvalue weighted by molar-refractivity contribution is -0.0647. The van der Waals surface area contributed by atoms with Crippen LogP contribution in [0, 0.1) is 24.2 Å². The minimum Gasteiger partial charge on any atom is -0.393 e. The van der Waals surface area contributed by atoms with Gasteiger partial charge in [0.2, 0.25) is 0 Å². The van der Waals surface area contributed by atoms with Gasteiger partial charge in [-0.25, -0.2) is 0 Å². The van der Waals surface area contributed by atoms with Gasteiger partial charge in [0.05, 0.1) is 12.2 Å². The molecule has 2 aliphatic carbocycles. The van der Waals surface area contributed by atoms with Crippen LogP contribution in [0.25, 0.3) is 0 Å². The molecular weight excluding hydrogens is 228 g/mol. The molecule has 0 radical (unpaired) electrons. The lowest BCUT2D eigenvalue weighted by Crippen LogP contribution is -2.47. The summed E-state index contributed by atoms with van der Waals surface area (Å²) in [4.78, 5) is 0. The fourth-order valence-corrected chi connectivity index (χ4v) is 3.60. The number of terminal acetylenes is 1. The molecule has 0 aromatic heterocycles. The van der Waals surface area contributed by atoms with Crippen LogP contribution in [-0.4, -0.2) is 33.1 Å². The van der Waals surface area contributed by atoms with Gasteiger partial charge in [0.15, 0.2) is 0 Å². The highest BCUT2D eigenvalue weighted by Gasteiger charge is 2.44. The summed E-state index contributed by atoms with van der Waals surface area (Å²) in [6.07, 6.45) is 11.3. The maximum atomic E-state index is 10.8. The first-order valence-corrected chi connectivity index (χ1v) is 7.12. The first-order chi connectivity index (χ1) is 8.56. The first kappa shape index (κ1) is 13.9. The molecule has 0 spiro atoms. The van der Waals surface area contributed by atoms with Gasteiger partial charge in [-0.3, -0.25) is 0 Å². The van der Waals surface area contributed by atoms with Crippen molar-refractivity contribution in [2.75, 3.05) is 0 Å². The molecule has 0 bridgehead atoms. The molecule has 0 aliphatic heterocycles. The number of hydrogen-bond donors (Lipinski definition) is 3. The van der Waals surface area contributed by atoms with E-state index in [9.17, 15) is 15.3 Å². The van der Waals surface area contributed by atoms with E-state index in [0.717, 1.165) is 51.4 Å². The van der Waals surface area contributed by atoms with E-state index in [1.807, 2.05) is 0 Å². The molecule has 3 heteroatoms. The topological polar surface area (TPSA) is 60.7 Å². The molecule has 2 fully saturated rings. The Morgan fingerprint density at radius 3 is 1.39 bits per heavy atom. The van der Waals surface area contributed by atoms with Crippen LogP contribution >= 0.6 is 0 Å². The fourth-order valence-electron chi connectivity index (χ4n) is 3.60. The summed E-state index contributed by atoms with van der Waals surface area (Å²) in [6, 6.07) is 0. The lowest BCUT2D eigenvalue weighted by atomic mass is 9.66. The zero-order valence-corrected chi connectivity index (χ0v) is 10.9. The predicted molar refractivity (Wildman–Crippen MR) is 69.7 cm³/mol. The van der Waals surface area contributed by atoms with Crippen molar-refractivity contribution in [3.8, 4) is 12.3 Å². The van der Waals surface area contributed by atoms with Crippen molar-refractivity contribution in [1.82, 2.24) is 0 Å². The highest BCUT2D eigenvalue weighted by atomic mass is 16.3. The molecule has 102 valence electrons. The van der Waals surface area contributed by atoms with E-state index in [1.54, 1.807) is 0 Å². The number of hydrogen-bond acceptors (Lipinski definition) is 3. The Labute approximate surface area is 109 Å². The van der Waals surface area contributed by atoms with E-state index < -0.39 is 5.60 Å². The van der Waals surface area contributed by atoms with Gasteiger partial charge in [-0.2, -0.15) is 0 Å². The Morgan fingerprint density at radius 2 is 1.11 bits per heavy atom. The van der Waals surface area contributed by atoms with Gasteiger partial charge < -0.3 is 15.3 Å². The van der Waals surface area contributed by atoms with Crippen LogP contribution in [0.15, 0.2) is 0 Å². The molecule has 2 rings (SSSR count). The van der Waals surface area contributed by atoms with Gasteiger partial charge in [0.25, 0.3) is 0 Å². The van der Waals surface area contributed by atoms with Crippen molar-refractivity contribution in [3.05, 3.63) is 0 Å². The van der Waals surface area contributed by atoms with Crippen LogP contribution in [0.1, 0.15) is 51.4 Å². The van der Waals surface area contributed by atoms with E-state index >= 15 is 0 Å². The number of aliphatic hydroxyl groups excluding tert-OH is 2. The monoisotopic (exact) mass is 252 g/mol. The standard InChI is InChI=1S/C15H24O3/c1-2-15(18,11-3-7-13(16)8-4-11)12-5-9-14(17)10-6-12/h1,11-14,16-18H,3-10H2. The summed E-state index contributed by atoms with van der Waals surface area (Å²) in [7, 11) is 0. The summed E-state index contributed by atoms with van der Waals surface area (Å²) in [5, 5.41) is 29.9. The van der Waals surface area contributed by atoms with Crippen LogP contribution in [0.2, 0.25) is 0 Å². The average Bonchev–Trinajstić information content (AvgIpc) is 2.39. The summed E-state index contributed by atoms with van der Waals surface area (Å²) >= 11 is 0. The van der Waals surface area contributed by atoms with Crippen molar-refractivity contribution in [3.63, 3.8) is 0 Å². The third-order valence-electron chi connectivity index (χ3n) is 4.87. The van der Waals surface area contributed by atoms with Crippen LogP contribution in [-0.2, 0) is 0 Å². The minimum atomic E-state index is -1.04. The third kappa shape index (κ3) is 2.71. The Morgan fingerprint density at radius 1 is 0.778 bits per heavy atom. The quantitative estimate of drug-likeness (QED) is 0.652. The Kier molecular flexibility index (Phi) is 4.32. The van der Waals surface area contributed by atoms with Crippen LogP contribution in [0.4, 0.5) is 0 Å². The molecular formula is C15H24O3. The molecule has 0 amide bonds. The van der Waals surface area contributed by atoms with Gasteiger partial charge in [-0.1, -0.05) is 5.92 Å². The maximum Gasteiger partial charge on any atom is 0.130 e. The summed E-state index contributed by atoms with van der Waals surface area (Å²) < 4.78 is 0. The second-order valence-electron chi connectivity index (χ2n) is 5.98. The molecule has 0 saturated heterocycles. The Bertz CT molecular complexity index is 282. The first-order valence-electron chi connectivity index (χ1n) is 7.12. The van der Waals surface area contributed by atoms with E-state index in [2.05, 4.69) is 5.92 Å².